The highest BCUT2D eigenvalue weighted by Gasteiger charge is 2.14. The van der Waals surface area contributed by atoms with Crippen molar-refractivity contribution in [2.75, 3.05) is 5.32 Å². The molecule has 0 spiro atoms. The predicted molar refractivity (Wildman–Crippen MR) is 109 cm³/mol. The molecule has 4 aromatic rings. The van der Waals surface area contributed by atoms with Crippen LogP contribution in [0.15, 0.2) is 71.1 Å². The van der Waals surface area contributed by atoms with Crippen molar-refractivity contribution in [2.45, 2.75) is 13.8 Å². The van der Waals surface area contributed by atoms with Crippen molar-refractivity contribution >= 4 is 11.6 Å². The molecule has 0 saturated carbocycles. The number of carbonyl (C=O) groups is 1. The molecule has 1 heterocycles. The molecule has 1 N–H and O–H groups in total. The Labute approximate surface area is 167 Å². The molecule has 0 aliphatic rings. The number of anilines is 1. The summed E-state index contributed by atoms with van der Waals surface area (Å²) in [6, 6.07) is 19.0. The van der Waals surface area contributed by atoms with Crippen LogP contribution in [0.4, 0.5) is 10.1 Å². The van der Waals surface area contributed by atoms with E-state index in [-0.39, 0.29) is 5.69 Å². The number of nitrogens with one attached hydrogen (secondary N) is 1. The second-order valence-electron chi connectivity index (χ2n) is 6.74. The Kier molecular flexibility index (Phi) is 4.91. The Morgan fingerprint density at radius 1 is 0.931 bits per heavy atom. The minimum Gasteiger partial charge on any atom is -0.416 e. The van der Waals surface area contributed by atoms with Crippen molar-refractivity contribution in [3.8, 4) is 22.9 Å². The van der Waals surface area contributed by atoms with Gasteiger partial charge in [-0.3, -0.25) is 4.79 Å². The number of hydrogen-bond acceptors (Lipinski definition) is 4. The predicted octanol–water partition coefficient (Wildman–Crippen LogP) is 5.41. The van der Waals surface area contributed by atoms with Crippen LogP contribution in [0.2, 0.25) is 0 Å². The van der Waals surface area contributed by atoms with Crippen molar-refractivity contribution in [3.05, 3.63) is 89.2 Å². The van der Waals surface area contributed by atoms with E-state index in [2.05, 4.69) is 15.5 Å². The van der Waals surface area contributed by atoms with Gasteiger partial charge in [0.25, 0.3) is 5.91 Å². The average molecular weight is 387 g/mol. The summed E-state index contributed by atoms with van der Waals surface area (Å²) in [7, 11) is 0. The van der Waals surface area contributed by atoms with E-state index >= 15 is 0 Å². The Morgan fingerprint density at radius 2 is 1.66 bits per heavy atom. The monoisotopic (exact) mass is 387 g/mol. The third kappa shape index (κ3) is 3.91. The number of halogens is 1. The molecule has 0 aliphatic carbocycles. The lowest BCUT2D eigenvalue weighted by molar-refractivity contribution is 0.102. The van der Waals surface area contributed by atoms with Gasteiger partial charge in [0.1, 0.15) is 5.82 Å². The summed E-state index contributed by atoms with van der Waals surface area (Å²) in [5.41, 5.74) is 4.01. The summed E-state index contributed by atoms with van der Waals surface area (Å²) in [6.07, 6.45) is 0. The quantitative estimate of drug-likeness (QED) is 0.508. The number of aryl methyl sites for hydroxylation is 2. The van der Waals surface area contributed by atoms with E-state index in [0.717, 1.165) is 16.7 Å². The SMILES string of the molecule is Cc1ccc(F)c(NC(=O)c2ccc(-c3nnc(-c4ccccc4C)o3)cc2)c1. The first-order valence-corrected chi connectivity index (χ1v) is 9.09. The second-order valence-corrected chi connectivity index (χ2v) is 6.74. The molecule has 0 fully saturated rings. The molecule has 0 unspecified atom stereocenters. The molecular weight excluding hydrogens is 369 g/mol. The van der Waals surface area contributed by atoms with E-state index in [1.165, 1.54) is 6.07 Å². The maximum Gasteiger partial charge on any atom is 0.255 e. The van der Waals surface area contributed by atoms with Crippen LogP contribution in [0.25, 0.3) is 22.9 Å². The van der Waals surface area contributed by atoms with Gasteiger partial charge in [0.2, 0.25) is 11.8 Å². The molecule has 0 aliphatic heterocycles. The number of hydrogen-bond donors (Lipinski definition) is 1. The molecule has 4 rings (SSSR count). The highest BCUT2D eigenvalue weighted by Crippen LogP contribution is 2.26. The lowest BCUT2D eigenvalue weighted by Gasteiger charge is -2.07. The molecular formula is C23H18FN3O2. The summed E-state index contributed by atoms with van der Waals surface area (Å²) < 4.78 is 19.6. The number of aromatic nitrogens is 2. The van der Waals surface area contributed by atoms with E-state index in [1.54, 1.807) is 36.4 Å². The third-order valence-electron chi connectivity index (χ3n) is 4.56. The first-order valence-electron chi connectivity index (χ1n) is 9.09. The van der Waals surface area contributed by atoms with Crippen molar-refractivity contribution in [1.29, 1.82) is 0 Å². The summed E-state index contributed by atoms with van der Waals surface area (Å²) in [5.74, 6) is -0.0721. The standard InChI is InChI=1S/C23H18FN3O2/c1-14-7-12-19(24)20(13-14)25-21(28)16-8-10-17(11-9-16)22-26-27-23(29-22)18-6-4-3-5-15(18)2/h3-13H,1-2H3,(H,25,28). The normalized spacial score (nSPS) is 10.7. The molecule has 1 amide bonds. The smallest absolute Gasteiger partial charge is 0.255 e. The van der Waals surface area contributed by atoms with Gasteiger partial charge in [0.15, 0.2) is 0 Å². The van der Waals surface area contributed by atoms with Gasteiger partial charge in [-0.05, 0) is 67.4 Å². The van der Waals surface area contributed by atoms with Crippen molar-refractivity contribution < 1.29 is 13.6 Å². The summed E-state index contributed by atoms with van der Waals surface area (Å²) in [5, 5.41) is 10.8. The molecule has 5 nitrogen and oxygen atoms in total. The molecule has 6 heteroatoms. The minimum atomic E-state index is -0.477. The van der Waals surface area contributed by atoms with Crippen LogP contribution in [0.3, 0.4) is 0 Å². The molecule has 0 radical (unpaired) electrons. The van der Waals surface area contributed by atoms with E-state index in [0.29, 0.717) is 22.9 Å². The van der Waals surface area contributed by atoms with Gasteiger partial charge in [0, 0.05) is 16.7 Å². The Bertz CT molecular complexity index is 1180. The van der Waals surface area contributed by atoms with Crippen LogP contribution in [0.5, 0.6) is 0 Å². The molecule has 0 saturated heterocycles. The zero-order chi connectivity index (χ0) is 20.4. The fourth-order valence-electron chi connectivity index (χ4n) is 2.96. The Morgan fingerprint density at radius 3 is 2.41 bits per heavy atom. The van der Waals surface area contributed by atoms with Gasteiger partial charge >= 0.3 is 0 Å². The van der Waals surface area contributed by atoms with Gasteiger partial charge in [0.05, 0.1) is 5.69 Å². The van der Waals surface area contributed by atoms with Crippen LogP contribution >= 0.6 is 0 Å². The van der Waals surface area contributed by atoms with E-state index in [9.17, 15) is 9.18 Å². The fraction of sp³-hybridized carbons (Fsp3) is 0.0870. The van der Waals surface area contributed by atoms with Crippen LogP contribution in [-0.4, -0.2) is 16.1 Å². The van der Waals surface area contributed by atoms with Gasteiger partial charge in [-0.2, -0.15) is 0 Å². The van der Waals surface area contributed by atoms with Crippen LogP contribution < -0.4 is 5.32 Å². The highest BCUT2D eigenvalue weighted by molar-refractivity contribution is 6.04. The lowest BCUT2D eigenvalue weighted by atomic mass is 10.1. The van der Waals surface area contributed by atoms with E-state index in [1.807, 2.05) is 38.1 Å². The molecule has 144 valence electrons. The lowest BCUT2D eigenvalue weighted by Crippen LogP contribution is -2.13. The third-order valence-corrected chi connectivity index (χ3v) is 4.56. The van der Waals surface area contributed by atoms with Crippen LogP contribution in [0, 0.1) is 19.7 Å². The Balaban J connectivity index is 1.53. The maximum atomic E-state index is 13.9. The number of amides is 1. The summed E-state index contributed by atoms with van der Waals surface area (Å²) in [4.78, 5) is 12.4. The molecule has 0 atom stereocenters. The number of rotatable bonds is 4. The van der Waals surface area contributed by atoms with Gasteiger partial charge < -0.3 is 9.73 Å². The fourth-order valence-corrected chi connectivity index (χ4v) is 2.96. The van der Waals surface area contributed by atoms with Crippen molar-refractivity contribution in [1.82, 2.24) is 10.2 Å². The summed E-state index contributed by atoms with van der Waals surface area (Å²) in [6.45, 7) is 3.81. The largest absolute Gasteiger partial charge is 0.416 e. The Hall–Kier alpha value is -3.80. The zero-order valence-electron chi connectivity index (χ0n) is 15.9. The van der Waals surface area contributed by atoms with Crippen LogP contribution in [-0.2, 0) is 0 Å². The number of benzene rings is 3. The van der Waals surface area contributed by atoms with Gasteiger partial charge in [-0.15, -0.1) is 10.2 Å². The summed E-state index contributed by atoms with van der Waals surface area (Å²) >= 11 is 0. The topological polar surface area (TPSA) is 68.0 Å². The van der Waals surface area contributed by atoms with E-state index in [4.69, 9.17) is 4.42 Å². The maximum absolute atomic E-state index is 13.9. The first-order chi connectivity index (χ1) is 14.0. The van der Waals surface area contributed by atoms with Crippen molar-refractivity contribution in [2.24, 2.45) is 0 Å². The van der Waals surface area contributed by atoms with Crippen molar-refractivity contribution in [3.63, 3.8) is 0 Å². The van der Waals surface area contributed by atoms with Gasteiger partial charge in [-0.25, -0.2) is 4.39 Å². The number of nitrogens with zero attached hydrogens (tertiary/aromatic N) is 2. The minimum absolute atomic E-state index is 0.152. The molecule has 0 bridgehead atoms. The molecule has 3 aromatic carbocycles. The molecule has 29 heavy (non-hydrogen) atoms. The van der Waals surface area contributed by atoms with Crippen LogP contribution in [0.1, 0.15) is 21.5 Å². The zero-order valence-corrected chi connectivity index (χ0v) is 15.9. The van der Waals surface area contributed by atoms with E-state index < -0.39 is 11.7 Å². The van der Waals surface area contributed by atoms with Gasteiger partial charge in [-0.1, -0.05) is 24.3 Å². The highest BCUT2D eigenvalue weighted by atomic mass is 19.1. The number of carbonyl (C=O) groups excluding carboxylic acids is 1. The second kappa shape index (κ2) is 7.67. The average Bonchev–Trinajstić information content (AvgIpc) is 3.21. The first kappa shape index (κ1) is 18.6. The molecule has 1 aromatic heterocycles.